The maximum Gasteiger partial charge on any atom is 0.213 e. The molecule has 0 amide bonds. The molecular formula is C40H46ClN5O4. The fraction of sp³-hybridized carbons (Fsp3) is 0.425. The van der Waals surface area contributed by atoms with Crippen LogP contribution in [0.2, 0.25) is 5.02 Å². The van der Waals surface area contributed by atoms with E-state index in [4.69, 9.17) is 30.8 Å². The zero-order chi connectivity index (χ0) is 34.9. The summed E-state index contributed by atoms with van der Waals surface area (Å²) in [5.41, 5.74) is 6.25. The molecule has 2 aromatic carbocycles. The third kappa shape index (κ3) is 9.32. The second-order valence-corrected chi connectivity index (χ2v) is 13.8. The van der Waals surface area contributed by atoms with Gasteiger partial charge in [0.2, 0.25) is 5.88 Å². The number of rotatable bonds is 14. The Morgan fingerprint density at radius 1 is 0.960 bits per heavy atom. The summed E-state index contributed by atoms with van der Waals surface area (Å²) in [5, 5.41) is 19.6. The molecule has 9 nitrogen and oxygen atoms in total. The largest absolute Gasteiger partial charge is 0.488 e. The fourth-order valence-electron chi connectivity index (χ4n) is 6.74. The summed E-state index contributed by atoms with van der Waals surface area (Å²) >= 11 is 6.88. The molecule has 4 aromatic rings. The summed E-state index contributed by atoms with van der Waals surface area (Å²) in [6.45, 7) is 9.87. The first-order valence-corrected chi connectivity index (χ1v) is 18.0. The van der Waals surface area contributed by atoms with Gasteiger partial charge >= 0.3 is 0 Å². The number of aromatic nitrogens is 2. The number of β-amino-alcohol motifs (C(OH)–C–C–N with tert-alkyl or cyclic N) is 1. The smallest absolute Gasteiger partial charge is 0.213 e. The predicted octanol–water partition coefficient (Wildman–Crippen LogP) is 7.35. The zero-order valence-electron chi connectivity index (χ0n) is 29.0. The second-order valence-electron chi connectivity index (χ2n) is 13.4. The molecule has 0 bridgehead atoms. The predicted molar refractivity (Wildman–Crippen MR) is 194 cm³/mol. The molecule has 4 heterocycles. The van der Waals surface area contributed by atoms with Crippen LogP contribution in [0.5, 0.6) is 17.4 Å². The third-order valence-corrected chi connectivity index (χ3v) is 9.99. The SMILES string of the molecule is Cc1c(COc2cc(OCc3cncc(C#N)c3)c(CN3CCCC[C@H]3C)cc2Cl)cccc1-c1cccc(OCCCN2CC[C@@H](O)C2)n1. The highest BCUT2D eigenvalue weighted by Gasteiger charge is 2.22. The molecular weight excluding hydrogens is 650 g/mol. The van der Waals surface area contributed by atoms with Gasteiger partial charge in [-0.1, -0.05) is 42.3 Å². The standard InChI is InChI=1S/C40H46ClN5O4/c1-28-8-3-4-15-46(28)24-33-19-36(41)39(20-38(33)49-26-31-18-30(21-42)22-43-23-31)50-27-32-9-5-10-35(29(32)2)37-11-6-12-40(44-37)48-17-7-14-45-16-13-34(47)25-45/h5-6,9-12,18-20,22-23,28,34,47H,3-4,7-8,13-17,24-27H2,1-2H3/t28-,34-/m1/s1. The Morgan fingerprint density at radius 3 is 2.64 bits per heavy atom. The highest BCUT2D eigenvalue weighted by Crippen LogP contribution is 2.36. The monoisotopic (exact) mass is 695 g/mol. The molecule has 2 aliphatic heterocycles. The lowest BCUT2D eigenvalue weighted by Gasteiger charge is -2.33. The van der Waals surface area contributed by atoms with Crippen LogP contribution in [0.25, 0.3) is 11.3 Å². The Kier molecular flexibility index (Phi) is 12.2. The molecule has 10 heteroatoms. The number of aliphatic hydroxyl groups excluding tert-OH is 1. The highest BCUT2D eigenvalue weighted by atomic mass is 35.5. The van der Waals surface area contributed by atoms with Crippen LogP contribution in [0.15, 0.2) is 67.0 Å². The van der Waals surface area contributed by atoms with Crippen molar-refractivity contribution in [1.29, 1.82) is 5.26 Å². The maximum atomic E-state index is 9.75. The summed E-state index contributed by atoms with van der Waals surface area (Å²) in [6, 6.07) is 20.3. The van der Waals surface area contributed by atoms with E-state index < -0.39 is 0 Å². The summed E-state index contributed by atoms with van der Waals surface area (Å²) in [6.07, 6.45) is 8.39. The number of piperidine rings is 1. The van der Waals surface area contributed by atoms with Crippen molar-refractivity contribution in [2.45, 2.75) is 77.9 Å². The highest BCUT2D eigenvalue weighted by molar-refractivity contribution is 6.32. The van der Waals surface area contributed by atoms with Crippen LogP contribution in [0.1, 0.15) is 66.8 Å². The molecule has 2 aromatic heterocycles. The molecule has 1 N–H and O–H groups in total. The lowest BCUT2D eigenvalue weighted by atomic mass is 10.00. The summed E-state index contributed by atoms with van der Waals surface area (Å²) < 4.78 is 18.8. The Bertz CT molecular complexity index is 1800. The molecule has 6 rings (SSSR count). The number of aliphatic hydroxyl groups is 1. The Hall–Kier alpha value is -4.20. The van der Waals surface area contributed by atoms with Crippen molar-refractivity contribution in [3.8, 4) is 34.7 Å². The molecule has 2 saturated heterocycles. The van der Waals surface area contributed by atoms with Crippen LogP contribution in [0, 0.1) is 18.3 Å². The molecule has 0 radical (unpaired) electrons. The Morgan fingerprint density at radius 2 is 1.82 bits per heavy atom. The number of hydrogen-bond donors (Lipinski definition) is 1. The molecule has 262 valence electrons. The first-order valence-electron chi connectivity index (χ1n) is 17.6. The van der Waals surface area contributed by atoms with Gasteiger partial charge in [-0.05, 0) is 75.4 Å². The molecule has 0 spiro atoms. The van der Waals surface area contributed by atoms with Gasteiger partial charge in [0.05, 0.1) is 29.0 Å². The summed E-state index contributed by atoms with van der Waals surface area (Å²) in [7, 11) is 0. The van der Waals surface area contributed by atoms with E-state index in [9.17, 15) is 10.4 Å². The molecule has 50 heavy (non-hydrogen) atoms. The average Bonchev–Trinajstić information content (AvgIpc) is 3.55. The van der Waals surface area contributed by atoms with Gasteiger partial charge in [0.15, 0.2) is 0 Å². The minimum absolute atomic E-state index is 0.204. The number of halogens is 1. The normalized spacial score (nSPS) is 18.1. The first-order chi connectivity index (χ1) is 24.4. The lowest BCUT2D eigenvalue weighted by molar-refractivity contribution is 0.150. The van der Waals surface area contributed by atoms with E-state index in [1.165, 1.54) is 19.3 Å². The van der Waals surface area contributed by atoms with E-state index in [1.54, 1.807) is 18.5 Å². The Balaban J connectivity index is 1.15. The van der Waals surface area contributed by atoms with Gasteiger partial charge in [-0.15, -0.1) is 0 Å². The van der Waals surface area contributed by atoms with Crippen molar-refractivity contribution in [3.05, 3.63) is 99.8 Å². The topological polar surface area (TPSA) is 104 Å². The number of benzene rings is 2. The van der Waals surface area contributed by atoms with E-state index >= 15 is 0 Å². The van der Waals surface area contributed by atoms with E-state index in [1.807, 2.05) is 36.4 Å². The van der Waals surface area contributed by atoms with Crippen LogP contribution in [-0.4, -0.2) is 69.8 Å². The minimum Gasteiger partial charge on any atom is -0.488 e. The van der Waals surface area contributed by atoms with Gasteiger partial charge in [0.1, 0.15) is 30.8 Å². The number of likely N-dealkylation sites (tertiary alicyclic amines) is 2. The fourth-order valence-corrected chi connectivity index (χ4v) is 6.98. The first kappa shape index (κ1) is 35.6. The molecule has 0 saturated carbocycles. The number of nitriles is 1. The van der Waals surface area contributed by atoms with Gasteiger partial charge < -0.3 is 24.2 Å². The van der Waals surface area contributed by atoms with Crippen molar-refractivity contribution in [2.75, 3.05) is 32.8 Å². The number of ether oxygens (including phenoxy) is 3. The third-order valence-electron chi connectivity index (χ3n) is 9.69. The molecule has 0 aliphatic carbocycles. The molecule has 2 aliphatic rings. The maximum absolute atomic E-state index is 9.75. The van der Waals surface area contributed by atoms with Crippen molar-refractivity contribution < 1.29 is 19.3 Å². The van der Waals surface area contributed by atoms with Crippen LogP contribution in [0.4, 0.5) is 0 Å². The molecule has 2 atom stereocenters. The zero-order valence-corrected chi connectivity index (χ0v) is 29.7. The van der Waals surface area contributed by atoms with Crippen LogP contribution in [-0.2, 0) is 19.8 Å². The van der Waals surface area contributed by atoms with Crippen LogP contribution in [0.3, 0.4) is 0 Å². The average molecular weight is 696 g/mol. The minimum atomic E-state index is -0.204. The quantitative estimate of drug-likeness (QED) is 0.136. The van der Waals surface area contributed by atoms with E-state index in [2.05, 4.69) is 46.8 Å². The molecule has 2 fully saturated rings. The summed E-state index contributed by atoms with van der Waals surface area (Å²) in [4.78, 5) is 13.7. The van der Waals surface area contributed by atoms with Crippen molar-refractivity contribution in [3.63, 3.8) is 0 Å². The van der Waals surface area contributed by atoms with Crippen molar-refractivity contribution >= 4 is 11.6 Å². The number of hydrogen-bond acceptors (Lipinski definition) is 9. The second kappa shape index (κ2) is 17.1. The van der Waals surface area contributed by atoms with E-state index in [0.29, 0.717) is 47.2 Å². The van der Waals surface area contributed by atoms with E-state index in [0.717, 1.165) is 79.1 Å². The van der Waals surface area contributed by atoms with Crippen molar-refractivity contribution in [1.82, 2.24) is 19.8 Å². The van der Waals surface area contributed by atoms with Gasteiger partial charge in [0, 0.05) is 73.4 Å². The Labute approximate surface area is 300 Å². The van der Waals surface area contributed by atoms with Gasteiger partial charge in [-0.3, -0.25) is 9.88 Å². The lowest BCUT2D eigenvalue weighted by Crippen LogP contribution is -2.36. The number of pyridine rings is 2. The van der Waals surface area contributed by atoms with Gasteiger partial charge in [-0.2, -0.15) is 5.26 Å². The van der Waals surface area contributed by atoms with Gasteiger partial charge in [-0.25, -0.2) is 4.98 Å². The van der Waals surface area contributed by atoms with Crippen LogP contribution < -0.4 is 14.2 Å². The molecule has 0 unspecified atom stereocenters. The summed E-state index contributed by atoms with van der Waals surface area (Å²) in [5.74, 6) is 1.84. The van der Waals surface area contributed by atoms with E-state index in [-0.39, 0.29) is 12.7 Å². The van der Waals surface area contributed by atoms with Crippen molar-refractivity contribution in [2.24, 2.45) is 0 Å². The number of nitrogens with zero attached hydrogens (tertiary/aromatic N) is 5. The van der Waals surface area contributed by atoms with Gasteiger partial charge in [0.25, 0.3) is 0 Å². The van der Waals surface area contributed by atoms with Crippen LogP contribution >= 0.6 is 11.6 Å².